The lowest BCUT2D eigenvalue weighted by Gasteiger charge is -2.32. The summed E-state index contributed by atoms with van der Waals surface area (Å²) in [7, 11) is -3.50. The minimum Gasteiger partial charge on any atom is -0.505 e. The molecule has 1 aliphatic heterocycles. The third-order valence-corrected chi connectivity index (χ3v) is 6.94. The summed E-state index contributed by atoms with van der Waals surface area (Å²) in [4.78, 5) is 18.1. The van der Waals surface area contributed by atoms with Gasteiger partial charge in [-0.2, -0.15) is 0 Å². The number of carbonyl (C=O) groups is 1. The molecule has 25 heavy (non-hydrogen) atoms. The zero-order chi connectivity index (χ0) is 17.9. The monoisotopic (exact) mass is 381 g/mol. The molecule has 0 saturated carbocycles. The van der Waals surface area contributed by atoms with E-state index in [0.29, 0.717) is 13.1 Å². The lowest BCUT2D eigenvalue weighted by Crippen LogP contribution is -2.43. The first-order chi connectivity index (χ1) is 12.0. The number of rotatable bonds is 5. The molecule has 134 valence electrons. The van der Waals surface area contributed by atoms with E-state index in [1.54, 1.807) is 28.5 Å². The number of amides is 1. The highest BCUT2D eigenvalue weighted by Gasteiger charge is 2.27. The summed E-state index contributed by atoms with van der Waals surface area (Å²) in [6, 6.07) is 6.24. The van der Waals surface area contributed by atoms with Crippen LogP contribution in [0, 0.1) is 5.92 Å². The zero-order valence-electron chi connectivity index (χ0n) is 13.5. The second-order valence-electron chi connectivity index (χ2n) is 5.91. The number of nitrogens with one attached hydrogen (secondary N) is 1. The van der Waals surface area contributed by atoms with Gasteiger partial charge < -0.3 is 10.0 Å². The molecule has 7 nitrogen and oxygen atoms in total. The van der Waals surface area contributed by atoms with Crippen LogP contribution in [-0.4, -0.2) is 48.9 Å². The molecule has 9 heteroatoms. The number of aromatic hydroxyl groups is 1. The fourth-order valence-corrected chi connectivity index (χ4v) is 5.00. The van der Waals surface area contributed by atoms with Gasteiger partial charge in [-0.1, -0.05) is 6.07 Å². The SMILES string of the molecule is O=C(c1ncccc1O)N1CCC[C@H](CNS(=O)(=O)c2cccs2)C1. The summed E-state index contributed by atoms with van der Waals surface area (Å²) in [6.07, 6.45) is 3.08. The van der Waals surface area contributed by atoms with Gasteiger partial charge >= 0.3 is 0 Å². The fraction of sp³-hybridized carbons (Fsp3) is 0.375. The Morgan fingerprint density at radius 3 is 2.96 bits per heavy atom. The second kappa shape index (κ2) is 7.51. The van der Waals surface area contributed by atoms with Crippen molar-refractivity contribution in [3.05, 3.63) is 41.5 Å². The summed E-state index contributed by atoms with van der Waals surface area (Å²) in [5.74, 6) is -0.449. The maximum absolute atomic E-state index is 12.5. The molecule has 0 aromatic carbocycles. The lowest BCUT2D eigenvalue weighted by molar-refractivity contribution is 0.0667. The van der Waals surface area contributed by atoms with Crippen LogP contribution in [0.15, 0.2) is 40.1 Å². The quantitative estimate of drug-likeness (QED) is 0.821. The number of hydrogen-bond donors (Lipinski definition) is 2. The van der Waals surface area contributed by atoms with E-state index in [-0.39, 0.29) is 34.0 Å². The van der Waals surface area contributed by atoms with E-state index in [1.165, 1.54) is 23.6 Å². The van der Waals surface area contributed by atoms with Crippen molar-refractivity contribution in [2.45, 2.75) is 17.1 Å². The molecule has 0 bridgehead atoms. The molecule has 1 fully saturated rings. The first-order valence-electron chi connectivity index (χ1n) is 7.94. The van der Waals surface area contributed by atoms with Gasteiger partial charge in [0.05, 0.1) is 0 Å². The van der Waals surface area contributed by atoms with Crippen molar-refractivity contribution >= 4 is 27.3 Å². The molecule has 3 heterocycles. The Morgan fingerprint density at radius 1 is 1.40 bits per heavy atom. The Kier molecular flexibility index (Phi) is 5.36. The number of carbonyl (C=O) groups excluding carboxylic acids is 1. The van der Waals surface area contributed by atoms with Crippen LogP contribution in [0.3, 0.4) is 0 Å². The van der Waals surface area contributed by atoms with Crippen LogP contribution < -0.4 is 4.72 Å². The van der Waals surface area contributed by atoms with Crippen LogP contribution in [0.5, 0.6) is 5.75 Å². The van der Waals surface area contributed by atoms with Crippen molar-refractivity contribution in [2.75, 3.05) is 19.6 Å². The summed E-state index contributed by atoms with van der Waals surface area (Å²) >= 11 is 1.17. The van der Waals surface area contributed by atoms with Crippen molar-refractivity contribution in [3.63, 3.8) is 0 Å². The Balaban J connectivity index is 1.62. The number of pyridine rings is 1. The number of aromatic nitrogens is 1. The largest absolute Gasteiger partial charge is 0.505 e. The molecule has 1 saturated heterocycles. The van der Waals surface area contributed by atoms with E-state index < -0.39 is 10.0 Å². The zero-order valence-corrected chi connectivity index (χ0v) is 15.1. The molecule has 2 N–H and O–H groups in total. The minimum absolute atomic E-state index is 0.0262. The van der Waals surface area contributed by atoms with Gasteiger partial charge in [0.15, 0.2) is 5.69 Å². The highest BCUT2D eigenvalue weighted by molar-refractivity contribution is 7.91. The topological polar surface area (TPSA) is 99.6 Å². The molecule has 0 radical (unpaired) electrons. The first-order valence-corrected chi connectivity index (χ1v) is 10.3. The number of piperidine rings is 1. The van der Waals surface area contributed by atoms with Crippen molar-refractivity contribution in [1.82, 2.24) is 14.6 Å². The summed E-state index contributed by atoms with van der Waals surface area (Å²) in [6.45, 7) is 1.28. The van der Waals surface area contributed by atoms with Gasteiger partial charge in [0.1, 0.15) is 9.96 Å². The molecule has 0 spiro atoms. The number of hydrogen-bond acceptors (Lipinski definition) is 6. The average molecular weight is 381 g/mol. The molecular weight excluding hydrogens is 362 g/mol. The number of sulfonamides is 1. The summed E-state index contributed by atoms with van der Waals surface area (Å²) in [5.41, 5.74) is 0.0299. The maximum Gasteiger partial charge on any atom is 0.276 e. The van der Waals surface area contributed by atoms with Crippen molar-refractivity contribution < 1.29 is 18.3 Å². The summed E-state index contributed by atoms with van der Waals surface area (Å²) < 4.78 is 27.3. The average Bonchev–Trinajstić information content (AvgIpc) is 3.16. The van der Waals surface area contributed by atoms with Gasteiger partial charge in [-0.05, 0) is 42.3 Å². The predicted octanol–water partition coefficient (Wildman–Crippen LogP) is 1.68. The van der Waals surface area contributed by atoms with E-state index in [1.807, 2.05) is 0 Å². The van der Waals surface area contributed by atoms with Gasteiger partial charge in [0, 0.05) is 25.8 Å². The van der Waals surface area contributed by atoms with E-state index >= 15 is 0 Å². The summed E-state index contributed by atoms with van der Waals surface area (Å²) in [5, 5.41) is 11.5. The second-order valence-corrected chi connectivity index (χ2v) is 8.86. The third kappa shape index (κ3) is 4.17. The normalized spacial score (nSPS) is 18.2. The van der Waals surface area contributed by atoms with E-state index in [9.17, 15) is 18.3 Å². The van der Waals surface area contributed by atoms with E-state index in [2.05, 4.69) is 9.71 Å². The standard InChI is InChI=1S/C16H19N3O4S2/c20-13-5-1-7-17-15(13)16(21)19-8-2-4-12(11-19)10-18-25(22,23)14-6-3-9-24-14/h1,3,5-7,9,12,18,20H,2,4,8,10-11H2/t12-/m1/s1. The van der Waals surface area contributed by atoms with Crippen molar-refractivity contribution in [3.8, 4) is 5.75 Å². The third-order valence-electron chi connectivity index (χ3n) is 4.12. The Bertz CT molecular complexity index is 837. The van der Waals surface area contributed by atoms with Crippen LogP contribution in [0.1, 0.15) is 23.3 Å². The first kappa shape index (κ1) is 17.8. The Hall–Kier alpha value is -1.97. The highest BCUT2D eigenvalue weighted by Crippen LogP contribution is 2.22. The van der Waals surface area contributed by atoms with Crippen LogP contribution in [0.4, 0.5) is 0 Å². The molecule has 1 aliphatic rings. The van der Waals surface area contributed by atoms with Crippen LogP contribution in [-0.2, 0) is 10.0 Å². The molecule has 2 aromatic rings. The fourth-order valence-electron chi connectivity index (χ4n) is 2.84. The minimum atomic E-state index is -3.50. The van der Waals surface area contributed by atoms with Crippen LogP contribution in [0.25, 0.3) is 0 Å². The Labute approximate surface area is 150 Å². The van der Waals surface area contributed by atoms with Gasteiger partial charge in [0.2, 0.25) is 10.0 Å². The van der Waals surface area contributed by atoms with Gasteiger partial charge in [-0.3, -0.25) is 4.79 Å². The van der Waals surface area contributed by atoms with Crippen LogP contribution >= 0.6 is 11.3 Å². The van der Waals surface area contributed by atoms with Gasteiger partial charge in [-0.15, -0.1) is 11.3 Å². The van der Waals surface area contributed by atoms with E-state index in [4.69, 9.17) is 0 Å². The highest BCUT2D eigenvalue weighted by atomic mass is 32.2. The molecule has 1 amide bonds. The molecule has 0 aliphatic carbocycles. The molecule has 3 rings (SSSR count). The van der Waals surface area contributed by atoms with E-state index in [0.717, 1.165) is 12.8 Å². The number of likely N-dealkylation sites (tertiary alicyclic amines) is 1. The Morgan fingerprint density at radius 2 is 2.24 bits per heavy atom. The molecule has 1 atom stereocenters. The lowest BCUT2D eigenvalue weighted by atomic mass is 9.98. The van der Waals surface area contributed by atoms with Crippen LogP contribution in [0.2, 0.25) is 0 Å². The van der Waals surface area contributed by atoms with Gasteiger partial charge in [-0.25, -0.2) is 18.1 Å². The number of thiophene rings is 1. The molecular formula is C16H19N3O4S2. The number of nitrogens with zero attached hydrogens (tertiary/aromatic N) is 2. The van der Waals surface area contributed by atoms with Crippen molar-refractivity contribution in [1.29, 1.82) is 0 Å². The molecule has 0 unspecified atom stereocenters. The molecule has 2 aromatic heterocycles. The van der Waals surface area contributed by atoms with Crippen molar-refractivity contribution in [2.24, 2.45) is 5.92 Å². The maximum atomic E-state index is 12.5. The predicted molar refractivity (Wildman–Crippen MR) is 94.0 cm³/mol. The smallest absolute Gasteiger partial charge is 0.276 e. The van der Waals surface area contributed by atoms with Gasteiger partial charge in [0.25, 0.3) is 5.91 Å².